The van der Waals surface area contributed by atoms with Crippen LogP contribution in [0.4, 0.5) is 20.6 Å². The van der Waals surface area contributed by atoms with E-state index in [1.165, 1.54) is 6.07 Å². The Bertz CT molecular complexity index is 1090. The Morgan fingerprint density at radius 2 is 1.88 bits per heavy atom. The molecule has 0 atom stereocenters. The number of aryl methyl sites for hydroxylation is 1. The van der Waals surface area contributed by atoms with Gasteiger partial charge in [0.25, 0.3) is 6.47 Å². The second-order valence-corrected chi connectivity index (χ2v) is 8.97. The lowest BCUT2D eigenvalue weighted by Gasteiger charge is -2.25. The van der Waals surface area contributed by atoms with E-state index in [2.05, 4.69) is 15.6 Å². The van der Waals surface area contributed by atoms with Crippen LogP contribution in [0.25, 0.3) is 10.4 Å². The minimum absolute atomic E-state index is 0.0304. The SMILES string of the molecule is Cc1ccc(F)c(NC(=O)Nc2ccc(-c3cnc(C4CCC(OC=O)CC4)s3)cc2)c1. The molecule has 1 heterocycles. The Kier molecular flexibility index (Phi) is 6.80. The van der Waals surface area contributed by atoms with E-state index in [-0.39, 0.29) is 11.8 Å². The summed E-state index contributed by atoms with van der Waals surface area (Å²) in [4.78, 5) is 28.4. The summed E-state index contributed by atoms with van der Waals surface area (Å²) < 4.78 is 18.9. The Balaban J connectivity index is 1.35. The standard InChI is InChI=1S/C24H24FN3O3S/c1-15-2-11-20(25)21(12-15)28-24(30)27-18-7-3-16(4-8-18)22-13-26-23(32-22)17-5-9-19(10-6-17)31-14-29/h2-4,7-8,11-14,17,19H,5-6,9-10H2,1H3,(H2,27,28,30). The van der Waals surface area contributed by atoms with Crippen LogP contribution in [0.3, 0.4) is 0 Å². The van der Waals surface area contributed by atoms with E-state index in [1.54, 1.807) is 23.5 Å². The summed E-state index contributed by atoms with van der Waals surface area (Å²) in [6.45, 7) is 2.37. The molecule has 2 N–H and O–H groups in total. The largest absolute Gasteiger partial charge is 0.465 e. The average Bonchev–Trinajstić information content (AvgIpc) is 3.28. The molecule has 0 saturated heterocycles. The molecule has 166 valence electrons. The van der Waals surface area contributed by atoms with Crippen molar-refractivity contribution in [2.45, 2.75) is 44.6 Å². The molecule has 1 saturated carbocycles. The van der Waals surface area contributed by atoms with Crippen molar-refractivity contribution in [2.75, 3.05) is 10.6 Å². The Morgan fingerprint density at radius 1 is 1.12 bits per heavy atom. The first-order valence-corrected chi connectivity index (χ1v) is 11.3. The zero-order valence-electron chi connectivity index (χ0n) is 17.6. The topological polar surface area (TPSA) is 80.3 Å². The van der Waals surface area contributed by atoms with Gasteiger partial charge in [-0.05, 0) is 68.0 Å². The second kappa shape index (κ2) is 9.91. The van der Waals surface area contributed by atoms with Crippen molar-refractivity contribution < 1.29 is 18.7 Å². The van der Waals surface area contributed by atoms with Crippen LogP contribution in [0.1, 0.15) is 42.2 Å². The predicted octanol–water partition coefficient (Wildman–Crippen LogP) is 6.10. The van der Waals surface area contributed by atoms with Crippen molar-refractivity contribution in [2.24, 2.45) is 0 Å². The summed E-state index contributed by atoms with van der Waals surface area (Å²) in [6.07, 6.45) is 5.57. The monoisotopic (exact) mass is 453 g/mol. The number of anilines is 2. The first kappa shape index (κ1) is 22.0. The van der Waals surface area contributed by atoms with Gasteiger partial charge < -0.3 is 15.4 Å². The van der Waals surface area contributed by atoms with Crippen LogP contribution in [0.15, 0.2) is 48.7 Å². The lowest BCUT2D eigenvalue weighted by molar-refractivity contribution is -0.135. The fraction of sp³-hybridized carbons (Fsp3) is 0.292. The molecular formula is C24H24FN3O3S. The van der Waals surface area contributed by atoms with Crippen molar-refractivity contribution >= 4 is 35.2 Å². The van der Waals surface area contributed by atoms with E-state index in [1.807, 2.05) is 37.4 Å². The molecule has 0 bridgehead atoms. The number of aromatic nitrogens is 1. The average molecular weight is 454 g/mol. The smallest absolute Gasteiger partial charge is 0.323 e. The van der Waals surface area contributed by atoms with Crippen LogP contribution in [0.5, 0.6) is 0 Å². The van der Waals surface area contributed by atoms with Crippen LogP contribution >= 0.6 is 11.3 Å². The highest BCUT2D eigenvalue weighted by molar-refractivity contribution is 7.15. The number of nitrogens with zero attached hydrogens (tertiary/aromatic N) is 1. The van der Waals surface area contributed by atoms with Crippen molar-refractivity contribution in [1.29, 1.82) is 0 Å². The van der Waals surface area contributed by atoms with Gasteiger partial charge in [0.2, 0.25) is 0 Å². The zero-order valence-corrected chi connectivity index (χ0v) is 18.5. The van der Waals surface area contributed by atoms with Crippen LogP contribution in [0.2, 0.25) is 0 Å². The third-order valence-corrected chi connectivity index (χ3v) is 6.80. The molecule has 1 aliphatic carbocycles. The molecule has 4 rings (SSSR count). The van der Waals surface area contributed by atoms with Crippen molar-refractivity contribution in [3.05, 3.63) is 65.0 Å². The quantitative estimate of drug-likeness (QED) is 0.442. The van der Waals surface area contributed by atoms with Crippen molar-refractivity contribution in [1.82, 2.24) is 4.98 Å². The fourth-order valence-corrected chi connectivity index (χ4v) is 4.96. The summed E-state index contributed by atoms with van der Waals surface area (Å²) >= 11 is 1.67. The molecule has 1 aliphatic rings. The Labute approximate surface area is 189 Å². The summed E-state index contributed by atoms with van der Waals surface area (Å²) in [5.41, 5.74) is 2.63. The van der Waals surface area contributed by atoms with Gasteiger partial charge in [-0.1, -0.05) is 18.2 Å². The Morgan fingerprint density at radius 3 is 2.59 bits per heavy atom. The summed E-state index contributed by atoms with van der Waals surface area (Å²) in [6, 6.07) is 11.5. The number of carbonyl (C=O) groups is 2. The number of thiazole rings is 1. The molecule has 0 aliphatic heterocycles. The fourth-order valence-electron chi connectivity index (χ4n) is 3.87. The Hall–Kier alpha value is -3.26. The van der Waals surface area contributed by atoms with E-state index in [0.717, 1.165) is 46.7 Å². The van der Waals surface area contributed by atoms with Crippen molar-refractivity contribution in [3.8, 4) is 10.4 Å². The van der Waals surface area contributed by atoms with E-state index in [9.17, 15) is 14.0 Å². The maximum atomic E-state index is 13.8. The predicted molar refractivity (Wildman–Crippen MR) is 123 cm³/mol. The number of carbonyl (C=O) groups excluding carboxylic acids is 2. The molecular weight excluding hydrogens is 429 g/mol. The first-order valence-electron chi connectivity index (χ1n) is 10.5. The molecule has 1 fully saturated rings. The van der Waals surface area contributed by atoms with E-state index < -0.39 is 11.8 Å². The summed E-state index contributed by atoms with van der Waals surface area (Å²) in [7, 11) is 0. The van der Waals surface area contributed by atoms with Gasteiger partial charge in [-0.3, -0.25) is 4.79 Å². The lowest BCUT2D eigenvalue weighted by Crippen LogP contribution is -2.20. The molecule has 32 heavy (non-hydrogen) atoms. The molecule has 0 unspecified atom stereocenters. The number of hydrogen-bond donors (Lipinski definition) is 2. The van der Waals surface area contributed by atoms with Gasteiger partial charge in [-0.25, -0.2) is 14.2 Å². The molecule has 2 aromatic carbocycles. The highest BCUT2D eigenvalue weighted by Crippen LogP contribution is 2.38. The summed E-state index contributed by atoms with van der Waals surface area (Å²) in [5.74, 6) is -0.0845. The molecule has 8 heteroatoms. The molecule has 0 radical (unpaired) electrons. The zero-order chi connectivity index (χ0) is 22.5. The number of halogens is 1. The number of urea groups is 1. The van der Waals surface area contributed by atoms with Gasteiger partial charge in [0.05, 0.1) is 15.6 Å². The number of amides is 2. The lowest BCUT2D eigenvalue weighted by atomic mass is 9.88. The van der Waals surface area contributed by atoms with Crippen LogP contribution in [-0.4, -0.2) is 23.6 Å². The highest BCUT2D eigenvalue weighted by atomic mass is 32.1. The molecule has 2 amide bonds. The van der Waals surface area contributed by atoms with Crippen LogP contribution in [0, 0.1) is 12.7 Å². The van der Waals surface area contributed by atoms with Crippen LogP contribution in [-0.2, 0) is 9.53 Å². The number of ether oxygens (including phenoxy) is 1. The number of benzene rings is 2. The van der Waals surface area contributed by atoms with E-state index in [4.69, 9.17) is 4.74 Å². The third-order valence-electron chi connectivity index (χ3n) is 5.59. The van der Waals surface area contributed by atoms with Gasteiger partial charge >= 0.3 is 6.03 Å². The first-order chi connectivity index (χ1) is 15.5. The maximum absolute atomic E-state index is 13.8. The van der Waals surface area contributed by atoms with Crippen molar-refractivity contribution in [3.63, 3.8) is 0 Å². The number of nitrogens with one attached hydrogen (secondary N) is 2. The third kappa shape index (κ3) is 5.31. The summed E-state index contributed by atoms with van der Waals surface area (Å²) in [5, 5.41) is 6.36. The van der Waals surface area contributed by atoms with E-state index >= 15 is 0 Å². The van der Waals surface area contributed by atoms with Gasteiger partial charge in [-0.2, -0.15) is 0 Å². The van der Waals surface area contributed by atoms with Gasteiger partial charge in [0.15, 0.2) is 0 Å². The molecule has 0 spiro atoms. The van der Waals surface area contributed by atoms with Gasteiger partial charge in [-0.15, -0.1) is 11.3 Å². The van der Waals surface area contributed by atoms with E-state index in [0.29, 0.717) is 18.1 Å². The van der Waals surface area contributed by atoms with Crippen LogP contribution < -0.4 is 10.6 Å². The van der Waals surface area contributed by atoms with Gasteiger partial charge in [0, 0.05) is 17.8 Å². The number of rotatable bonds is 6. The number of hydrogen-bond acceptors (Lipinski definition) is 5. The molecule has 3 aromatic rings. The molecule has 6 nitrogen and oxygen atoms in total. The highest BCUT2D eigenvalue weighted by Gasteiger charge is 2.25. The maximum Gasteiger partial charge on any atom is 0.323 e. The normalized spacial score (nSPS) is 18.1. The minimum atomic E-state index is -0.503. The second-order valence-electron chi connectivity index (χ2n) is 7.91. The van der Waals surface area contributed by atoms with Gasteiger partial charge in [0.1, 0.15) is 11.9 Å². The minimum Gasteiger partial charge on any atom is -0.465 e. The molecule has 1 aromatic heterocycles.